The first-order chi connectivity index (χ1) is 16.8. The average Bonchev–Trinajstić information content (AvgIpc) is 3.38. The molecule has 34 heavy (non-hydrogen) atoms. The van der Waals surface area contributed by atoms with Gasteiger partial charge in [0.2, 0.25) is 0 Å². The van der Waals surface area contributed by atoms with E-state index in [2.05, 4.69) is 6.08 Å². The molecule has 7 nitrogen and oxygen atoms in total. The zero-order valence-corrected chi connectivity index (χ0v) is 19.8. The van der Waals surface area contributed by atoms with Gasteiger partial charge in [-0.05, 0) is 50.3 Å². The number of carbonyl (C=O) groups is 1. The fraction of sp³-hybridized carbons (Fsp3) is 0.667. The second kappa shape index (κ2) is 11.6. The predicted octanol–water partition coefficient (Wildman–Crippen LogP) is 4.75. The summed E-state index contributed by atoms with van der Waals surface area (Å²) in [5.74, 6) is 1.54. The van der Waals surface area contributed by atoms with Gasteiger partial charge in [-0.3, -0.25) is 4.79 Å². The van der Waals surface area contributed by atoms with E-state index in [1.165, 1.54) is 0 Å². The minimum atomic E-state index is -0.265. The van der Waals surface area contributed by atoms with E-state index in [1.807, 2.05) is 30.3 Å². The van der Waals surface area contributed by atoms with Crippen molar-refractivity contribution in [1.82, 2.24) is 0 Å². The first-order valence-electron chi connectivity index (χ1n) is 12.9. The number of carbonyl (C=O) groups excluding carboxylic acids is 1. The maximum absolute atomic E-state index is 12.1. The zero-order valence-electron chi connectivity index (χ0n) is 19.8. The van der Waals surface area contributed by atoms with Crippen molar-refractivity contribution >= 4 is 5.97 Å². The highest BCUT2D eigenvalue weighted by Crippen LogP contribution is 2.47. The van der Waals surface area contributed by atoms with E-state index in [0.717, 1.165) is 56.6 Å². The van der Waals surface area contributed by atoms with E-state index in [0.29, 0.717) is 32.5 Å². The van der Waals surface area contributed by atoms with Gasteiger partial charge < -0.3 is 28.4 Å². The standard InChI is InChI=1S/C27H36O7/c28-24-17-20-22(32-24)18-23(34-26-13-5-7-15-31-26)27(20)21(33-25-12-4-6-14-30-25)11-8-16-29-19-9-2-1-3-10-19/h1-3,9-11,20,22-23,25-27H,4-8,12-18H2/t20-,22+,23+,25?,26?,27-/m0/s1. The molecule has 186 valence electrons. The topological polar surface area (TPSA) is 72.5 Å². The second-order valence-electron chi connectivity index (χ2n) is 9.60. The van der Waals surface area contributed by atoms with Crippen molar-refractivity contribution in [3.8, 4) is 5.75 Å². The molecule has 0 radical (unpaired) electrons. The summed E-state index contributed by atoms with van der Waals surface area (Å²) in [6, 6.07) is 9.80. The molecule has 3 saturated heterocycles. The number of hydrogen-bond donors (Lipinski definition) is 0. The van der Waals surface area contributed by atoms with Crippen molar-refractivity contribution in [2.75, 3.05) is 19.8 Å². The highest BCUT2D eigenvalue weighted by atomic mass is 16.7. The van der Waals surface area contributed by atoms with Crippen LogP contribution in [0.5, 0.6) is 5.75 Å². The number of benzene rings is 1. The Balaban J connectivity index is 1.32. The maximum atomic E-state index is 12.1. The first-order valence-corrected chi connectivity index (χ1v) is 12.9. The fourth-order valence-corrected chi connectivity index (χ4v) is 5.52. The van der Waals surface area contributed by atoms with Crippen LogP contribution in [0.15, 0.2) is 42.2 Å². The molecule has 1 aliphatic carbocycles. The van der Waals surface area contributed by atoms with Crippen LogP contribution in [0.2, 0.25) is 0 Å². The van der Waals surface area contributed by atoms with Gasteiger partial charge in [-0.1, -0.05) is 18.2 Å². The van der Waals surface area contributed by atoms with E-state index in [1.54, 1.807) is 0 Å². The number of rotatable bonds is 9. The first kappa shape index (κ1) is 23.6. The smallest absolute Gasteiger partial charge is 0.306 e. The van der Waals surface area contributed by atoms with Crippen molar-refractivity contribution in [3.05, 3.63) is 42.2 Å². The third-order valence-corrected chi connectivity index (χ3v) is 7.16. The second-order valence-corrected chi connectivity index (χ2v) is 9.60. The van der Waals surface area contributed by atoms with Crippen LogP contribution in [0.3, 0.4) is 0 Å². The molecule has 0 amide bonds. The lowest BCUT2D eigenvalue weighted by atomic mass is 9.89. The van der Waals surface area contributed by atoms with E-state index >= 15 is 0 Å². The van der Waals surface area contributed by atoms with Crippen LogP contribution in [0.4, 0.5) is 0 Å². The number of hydrogen-bond acceptors (Lipinski definition) is 7. The summed E-state index contributed by atoms with van der Waals surface area (Å²) < 4.78 is 36.3. The summed E-state index contributed by atoms with van der Waals surface area (Å²) in [6.45, 7) is 1.98. The van der Waals surface area contributed by atoms with Crippen LogP contribution in [-0.4, -0.2) is 50.6 Å². The number of para-hydroxylation sites is 1. The van der Waals surface area contributed by atoms with E-state index < -0.39 is 0 Å². The molecule has 2 unspecified atom stereocenters. The van der Waals surface area contributed by atoms with Gasteiger partial charge in [0.1, 0.15) is 17.6 Å². The number of fused-ring (bicyclic) bond motifs is 1. The van der Waals surface area contributed by atoms with Gasteiger partial charge in [0.25, 0.3) is 0 Å². The van der Waals surface area contributed by atoms with Crippen molar-refractivity contribution in [1.29, 1.82) is 0 Å². The lowest BCUT2D eigenvalue weighted by Crippen LogP contribution is -2.34. The van der Waals surface area contributed by atoms with Gasteiger partial charge in [-0.2, -0.15) is 0 Å². The van der Waals surface area contributed by atoms with Crippen LogP contribution < -0.4 is 4.74 Å². The molecule has 4 aliphatic rings. The summed E-state index contributed by atoms with van der Waals surface area (Å²) >= 11 is 0. The van der Waals surface area contributed by atoms with Gasteiger partial charge in [-0.25, -0.2) is 0 Å². The quantitative estimate of drug-likeness (QED) is 0.292. The van der Waals surface area contributed by atoms with Crippen LogP contribution in [0.25, 0.3) is 0 Å². The summed E-state index contributed by atoms with van der Waals surface area (Å²) in [4.78, 5) is 12.1. The maximum Gasteiger partial charge on any atom is 0.306 e. The average molecular weight is 473 g/mol. The van der Waals surface area contributed by atoms with Gasteiger partial charge in [0, 0.05) is 37.7 Å². The largest absolute Gasteiger partial charge is 0.493 e. The van der Waals surface area contributed by atoms with Crippen LogP contribution in [0.1, 0.15) is 57.8 Å². The normalized spacial score (nSPS) is 33.9. The van der Waals surface area contributed by atoms with Crippen molar-refractivity contribution in [2.45, 2.75) is 82.6 Å². The lowest BCUT2D eigenvalue weighted by Gasteiger charge is -2.33. The fourth-order valence-electron chi connectivity index (χ4n) is 5.52. The molecule has 6 atom stereocenters. The Labute approximate surface area is 201 Å². The summed E-state index contributed by atoms with van der Waals surface area (Å²) in [7, 11) is 0. The van der Waals surface area contributed by atoms with Crippen LogP contribution >= 0.6 is 0 Å². The summed E-state index contributed by atoms with van der Waals surface area (Å²) in [5, 5.41) is 0. The summed E-state index contributed by atoms with van der Waals surface area (Å²) in [6.07, 6.45) is 9.24. The molecular formula is C27H36O7. The molecule has 1 aromatic rings. The monoisotopic (exact) mass is 472 g/mol. The minimum absolute atomic E-state index is 0.0472. The molecule has 0 aromatic heterocycles. The zero-order chi connectivity index (χ0) is 23.2. The van der Waals surface area contributed by atoms with E-state index in [-0.39, 0.29) is 42.6 Å². The van der Waals surface area contributed by atoms with E-state index in [9.17, 15) is 4.79 Å². The Kier molecular flexibility index (Phi) is 8.04. The van der Waals surface area contributed by atoms with Crippen molar-refractivity contribution in [2.24, 2.45) is 11.8 Å². The molecule has 3 heterocycles. The van der Waals surface area contributed by atoms with Crippen LogP contribution in [-0.2, 0) is 28.5 Å². The Morgan fingerprint density at radius 2 is 1.76 bits per heavy atom. The molecule has 1 saturated carbocycles. The number of ether oxygens (including phenoxy) is 6. The SMILES string of the molecule is O=C1C[C@@H]2[C@@H](C(=CCCOc3ccccc3)OC3CCCCO3)[C@H](OC3CCCCO3)C[C@H]2O1. The number of esters is 1. The molecule has 5 rings (SSSR count). The summed E-state index contributed by atoms with van der Waals surface area (Å²) in [5.41, 5.74) is 0. The third kappa shape index (κ3) is 5.93. The Morgan fingerprint density at radius 1 is 1.00 bits per heavy atom. The van der Waals surface area contributed by atoms with Gasteiger partial charge in [-0.15, -0.1) is 0 Å². The third-order valence-electron chi connectivity index (χ3n) is 7.16. The lowest BCUT2D eigenvalue weighted by molar-refractivity contribution is -0.201. The van der Waals surface area contributed by atoms with E-state index in [4.69, 9.17) is 28.4 Å². The highest BCUT2D eigenvalue weighted by molar-refractivity contribution is 5.72. The Bertz CT molecular complexity index is 814. The van der Waals surface area contributed by atoms with Crippen molar-refractivity contribution < 1.29 is 33.2 Å². The molecule has 7 heteroatoms. The highest BCUT2D eigenvalue weighted by Gasteiger charge is 2.53. The molecule has 0 spiro atoms. The molecule has 0 N–H and O–H groups in total. The molecule has 3 aliphatic heterocycles. The van der Waals surface area contributed by atoms with Crippen molar-refractivity contribution in [3.63, 3.8) is 0 Å². The Hall–Kier alpha value is -2.09. The van der Waals surface area contributed by atoms with Crippen LogP contribution in [0, 0.1) is 11.8 Å². The molecule has 0 bridgehead atoms. The van der Waals surface area contributed by atoms with Gasteiger partial charge in [0.05, 0.1) is 25.7 Å². The predicted molar refractivity (Wildman–Crippen MR) is 124 cm³/mol. The Morgan fingerprint density at radius 3 is 2.50 bits per heavy atom. The minimum Gasteiger partial charge on any atom is -0.493 e. The van der Waals surface area contributed by atoms with Gasteiger partial charge in [0.15, 0.2) is 12.6 Å². The molecule has 1 aromatic carbocycles. The molecule has 4 fully saturated rings. The molecular weight excluding hydrogens is 436 g/mol. The van der Waals surface area contributed by atoms with Gasteiger partial charge >= 0.3 is 5.97 Å².